The van der Waals surface area contributed by atoms with Crippen molar-refractivity contribution < 1.29 is 32.5 Å². The van der Waals surface area contributed by atoms with Gasteiger partial charge in [-0.15, -0.1) is 0 Å². The van der Waals surface area contributed by atoms with E-state index in [1.54, 1.807) is 25.4 Å². The average molecular weight is 586 g/mol. The van der Waals surface area contributed by atoms with E-state index in [9.17, 15) is 23.1 Å². The van der Waals surface area contributed by atoms with Gasteiger partial charge in [0, 0.05) is 62.4 Å². The lowest BCUT2D eigenvalue weighted by Gasteiger charge is -2.35. The number of hydrogen-bond acceptors (Lipinski definition) is 9. The van der Waals surface area contributed by atoms with Crippen LogP contribution in [0.4, 0.5) is 24.8 Å². The summed E-state index contributed by atoms with van der Waals surface area (Å²) in [7, 11) is 1.58. The molecule has 4 N–H and O–H groups in total. The number of nitrogens with one attached hydrogen (secondary N) is 1. The number of pyridine rings is 1. The summed E-state index contributed by atoms with van der Waals surface area (Å²) in [5, 5.41) is 13.0. The minimum atomic E-state index is -4.56. The number of nitrogens with zero attached hydrogens (tertiary/aromatic N) is 5. The van der Waals surface area contributed by atoms with Gasteiger partial charge >= 0.3 is 6.18 Å². The maximum atomic E-state index is 13.0. The Labute approximate surface area is 239 Å². The van der Waals surface area contributed by atoms with Crippen LogP contribution in [0.2, 0.25) is 0 Å². The molecule has 2 atom stereocenters. The summed E-state index contributed by atoms with van der Waals surface area (Å²) < 4.78 is 52.2. The number of halogens is 3. The van der Waals surface area contributed by atoms with E-state index in [0.717, 1.165) is 24.0 Å². The summed E-state index contributed by atoms with van der Waals surface area (Å²) >= 11 is 0. The van der Waals surface area contributed by atoms with Gasteiger partial charge in [0.1, 0.15) is 41.0 Å². The van der Waals surface area contributed by atoms with Crippen molar-refractivity contribution in [1.29, 1.82) is 0 Å². The van der Waals surface area contributed by atoms with E-state index in [-0.39, 0.29) is 17.2 Å². The van der Waals surface area contributed by atoms with E-state index in [1.165, 1.54) is 12.1 Å². The molecule has 1 amide bonds. The highest BCUT2D eigenvalue weighted by Crippen LogP contribution is 2.34. The number of nitrogens with two attached hydrogens (primary N) is 1. The normalized spacial score (nSPS) is 17.0. The number of imidazole rings is 1. The van der Waals surface area contributed by atoms with E-state index in [0.29, 0.717) is 55.3 Å². The third-order valence-electron chi connectivity index (χ3n) is 7.03. The predicted octanol–water partition coefficient (Wildman–Crippen LogP) is 3.68. The fourth-order valence-electron chi connectivity index (χ4n) is 4.88. The van der Waals surface area contributed by atoms with Gasteiger partial charge in [0.05, 0.1) is 12.2 Å². The molecule has 4 aromatic rings. The first kappa shape index (κ1) is 29.4. The molecule has 0 spiro atoms. The Morgan fingerprint density at radius 2 is 2.02 bits per heavy atom. The summed E-state index contributed by atoms with van der Waals surface area (Å²) in [5.74, 6) is 0.00241. The van der Waals surface area contributed by atoms with Gasteiger partial charge in [-0.2, -0.15) is 13.2 Å². The Morgan fingerprint density at radius 3 is 2.74 bits per heavy atom. The molecular formula is C28H30F3N7O4. The highest BCUT2D eigenvalue weighted by atomic mass is 19.4. The number of nitrogen functional groups attached to an aromatic ring is 1. The van der Waals surface area contributed by atoms with Gasteiger partial charge in [0.25, 0.3) is 5.91 Å². The van der Waals surface area contributed by atoms with Crippen molar-refractivity contribution in [2.45, 2.75) is 31.9 Å². The lowest BCUT2D eigenvalue weighted by molar-refractivity contribution is -0.137. The van der Waals surface area contributed by atoms with Crippen LogP contribution in [0, 0.1) is 6.92 Å². The molecule has 1 aliphatic rings. The summed E-state index contributed by atoms with van der Waals surface area (Å²) in [4.78, 5) is 27.7. The van der Waals surface area contributed by atoms with Gasteiger partial charge in [0.2, 0.25) is 0 Å². The second-order valence-electron chi connectivity index (χ2n) is 9.86. The van der Waals surface area contributed by atoms with Gasteiger partial charge in [-0.25, -0.2) is 15.0 Å². The number of amides is 1. The lowest BCUT2D eigenvalue weighted by Crippen LogP contribution is -2.45. The van der Waals surface area contributed by atoms with Crippen molar-refractivity contribution in [3.8, 4) is 11.3 Å². The maximum Gasteiger partial charge on any atom is 0.416 e. The molecule has 0 aliphatic carbocycles. The minimum Gasteiger partial charge on any atom is -0.385 e. The number of ether oxygens (including phenoxy) is 2. The Bertz CT molecular complexity index is 1580. The molecule has 0 bridgehead atoms. The number of carbonyl (C=O) groups excluding carboxylic acids is 1. The van der Waals surface area contributed by atoms with E-state index >= 15 is 0 Å². The summed E-state index contributed by atoms with van der Waals surface area (Å²) in [5.41, 5.74) is 8.11. The zero-order valence-electron chi connectivity index (χ0n) is 22.9. The molecule has 0 saturated carbocycles. The number of hydrogen-bond donors (Lipinski definition) is 3. The SMILES string of the molecule is COCCC(O)N1CCO[C@@H](c2nc(-c3ccc(C(=O)Nc4cc(C(F)(F)F)ccn4)cc3)c3c(N)ncc(C)n23)C1. The smallest absolute Gasteiger partial charge is 0.385 e. The zero-order chi connectivity index (χ0) is 30.0. The van der Waals surface area contributed by atoms with E-state index in [4.69, 9.17) is 20.2 Å². The fraction of sp³-hybridized carbons (Fsp3) is 0.357. The molecule has 5 rings (SSSR count). The van der Waals surface area contributed by atoms with Crippen molar-refractivity contribution in [2.24, 2.45) is 0 Å². The first-order valence-electron chi connectivity index (χ1n) is 13.2. The topological polar surface area (TPSA) is 140 Å². The van der Waals surface area contributed by atoms with Crippen LogP contribution < -0.4 is 11.1 Å². The Morgan fingerprint density at radius 1 is 1.26 bits per heavy atom. The third-order valence-corrected chi connectivity index (χ3v) is 7.03. The largest absolute Gasteiger partial charge is 0.416 e. The van der Waals surface area contributed by atoms with Gasteiger partial charge in [0.15, 0.2) is 0 Å². The Kier molecular flexibility index (Phi) is 8.41. The van der Waals surface area contributed by atoms with Gasteiger partial charge in [-0.3, -0.25) is 14.1 Å². The molecular weight excluding hydrogens is 555 g/mol. The van der Waals surface area contributed by atoms with E-state index in [1.807, 2.05) is 16.2 Å². The molecule has 1 fully saturated rings. The van der Waals surface area contributed by atoms with E-state index in [2.05, 4.69) is 15.3 Å². The van der Waals surface area contributed by atoms with Crippen molar-refractivity contribution in [2.75, 3.05) is 44.5 Å². The van der Waals surface area contributed by atoms with Gasteiger partial charge < -0.3 is 25.6 Å². The standard InChI is InChI=1S/C28H30F3N7O4/c1-16-14-34-25(32)24-23(36-26(38(16)24)20-15-37(10-12-42-20)22(39)8-11-41-2)17-3-5-18(6-4-17)27(40)35-21-13-19(7-9-33-21)28(29,30)31/h3-7,9,13-14,20,22,39H,8,10-12,15H2,1-2H3,(H2,32,34)(H,33,35,40)/t20-,22?/m1/s1. The van der Waals surface area contributed by atoms with Crippen LogP contribution >= 0.6 is 0 Å². The maximum absolute atomic E-state index is 13.0. The zero-order valence-corrected chi connectivity index (χ0v) is 22.9. The second kappa shape index (κ2) is 12.0. The van der Waals surface area contributed by atoms with Crippen molar-refractivity contribution in [3.63, 3.8) is 0 Å². The summed E-state index contributed by atoms with van der Waals surface area (Å²) in [6, 6.07) is 8.01. The van der Waals surface area contributed by atoms with Crippen LogP contribution in [0.1, 0.15) is 40.0 Å². The third kappa shape index (κ3) is 6.06. The van der Waals surface area contributed by atoms with Crippen LogP contribution in [-0.2, 0) is 15.7 Å². The van der Waals surface area contributed by atoms with Crippen molar-refractivity contribution in [1.82, 2.24) is 24.3 Å². The molecule has 0 radical (unpaired) electrons. The quantitative estimate of drug-likeness (QED) is 0.283. The molecule has 222 valence electrons. The molecule has 1 saturated heterocycles. The van der Waals surface area contributed by atoms with Gasteiger partial charge in [-0.05, 0) is 31.2 Å². The molecule has 1 aliphatic heterocycles. The molecule has 3 aromatic heterocycles. The summed E-state index contributed by atoms with van der Waals surface area (Å²) in [6.45, 7) is 3.64. The number of rotatable bonds is 8. The molecule has 1 aromatic carbocycles. The number of fused-ring (bicyclic) bond motifs is 1. The highest BCUT2D eigenvalue weighted by Gasteiger charge is 2.32. The number of benzene rings is 1. The number of methoxy groups -OCH3 is 1. The Balaban J connectivity index is 1.43. The van der Waals surface area contributed by atoms with Crippen LogP contribution in [0.5, 0.6) is 0 Å². The number of aliphatic hydroxyl groups excluding tert-OH is 1. The molecule has 1 unspecified atom stereocenters. The molecule has 42 heavy (non-hydrogen) atoms. The van der Waals surface area contributed by atoms with E-state index < -0.39 is 30.0 Å². The number of anilines is 2. The van der Waals surface area contributed by atoms with Crippen LogP contribution in [0.25, 0.3) is 16.8 Å². The molecule has 4 heterocycles. The summed E-state index contributed by atoms with van der Waals surface area (Å²) in [6.07, 6.45) is -2.64. The number of morpholine rings is 1. The molecule has 14 heteroatoms. The van der Waals surface area contributed by atoms with Crippen LogP contribution in [0.3, 0.4) is 0 Å². The Hall–Kier alpha value is -4.11. The van der Waals surface area contributed by atoms with Crippen molar-refractivity contribution in [3.05, 3.63) is 71.4 Å². The molecule has 11 nitrogen and oxygen atoms in total. The number of alkyl halides is 3. The second-order valence-corrected chi connectivity index (χ2v) is 9.86. The fourth-order valence-corrected chi connectivity index (χ4v) is 4.88. The monoisotopic (exact) mass is 585 g/mol. The van der Waals surface area contributed by atoms with Gasteiger partial charge in [-0.1, -0.05) is 12.1 Å². The number of aromatic nitrogens is 4. The predicted molar refractivity (Wildman–Crippen MR) is 148 cm³/mol. The van der Waals surface area contributed by atoms with Crippen LogP contribution in [0.15, 0.2) is 48.8 Å². The first-order valence-corrected chi connectivity index (χ1v) is 13.2. The van der Waals surface area contributed by atoms with Crippen LogP contribution in [-0.4, -0.2) is 74.9 Å². The number of carbonyl (C=O) groups is 1. The van der Waals surface area contributed by atoms with Crippen molar-refractivity contribution >= 4 is 23.1 Å². The number of aryl methyl sites for hydroxylation is 1. The number of aliphatic hydroxyl groups is 1. The first-order chi connectivity index (χ1) is 20.1. The lowest BCUT2D eigenvalue weighted by atomic mass is 10.1. The highest BCUT2D eigenvalue weighted by molar-refractivity contribution is 6.04. The minimum absolute atomic E-state index is 0.209. The average Bonchev–Trinajstić information content (AvgIpc) is 3.40.